The van der Waals surface area contributed by atoms with Gasteiger partial charge in [0.1, 0.15) is 0 Å². The largest absolute Gasteiger partial charge is 0.396 e. The standard InChI is InChI=1S/C16H23N3O2S/c1-11-15(12(2)19(3)18-11)16(21)17-7-4-13(5-8-20)14-6-9-22-10-14/h6,9-10,13,20H,4-5,7-8H2,1-3H3,(H,17,21)/t13-/m0/s1. The van der Waals surface area contributed by atoms with Crippen LogP contribution in [0, 0.1) is 13.8 Å². The molecule has 0 bridgehead atoms. The Balaban J connectivity index is 1.93. The molecule has 0 radical (unpaired) electrons. The van der Waals surface area contributed by atoms with Crippen LogP contribution in [0.25, 0.3) is 0 Å². The number of aliphatic hydroxyl groups is 1. The number of aliphatic hydroxyl groups excluding tert-OH is 1. The van der Waals surface area contributed by atoms with Gasteiger partial charge in [-0.2, -0.15) is 16.4 Å². The normalized spacial score (nSPS) is 12.4. The van der Waals surface area contributed by atoms with Crippen LogP contribution in [0.2, 0.25) is 0 Å². The van der Waals surface area contributed by atoms with Gasteiger partial charge in [0.2, 0.25) is 0 Å². The van der Waals surface area contributed by atoms with Gasteiger partial charge in [0.15, 0.2) is 0 Å². The second kappa shape index (κ2) is 7.56. The number of nitrogens with one attached hydrogen (secondary N) is 1. The molecule has 1 amide bonds. The van der Waals surface area contributed by atoms with Crippen molar-refractivity contribution in [1.29, 1.82) is 0 Å². The van der Waals surface area contributed by atoms with Gasteiger partial charge in [-0.15, -0.1) is 0 Å². The third-order valence-corrected chi connectivity index (χ3v) is 4.71. The van der Waals surface area contributed by atoms with Crippen LogP contribution in [0.1, 0.15) is 46.1 Å². The Morgan fingerprint density at radius 3 is 2.77 bits per heavy atom. The van der Waals surface area contributed by atoms with Crippen molar-refractivity contribution in [2.75, 3.05) is 13.2 Å². The summed E-state index contributed by atoms with van der Waals surface area (Å²) in [6.45, 7) is 4.50. The van der Waals surface area contributed by atoms with Crippen molar-refractivity contribution in [3.05, 3.63) is 39.3 Å². The van der Waals surface area contributed by atoms with Crippen LogP contribution in [0.5, 0.6) is 0 Å². The van der Waals surface area contributed by atoms with Gasteiger partial charge in [0.05, 0.1) is 11.3 Å². The number of aryl methyl sites for hydroxylation is 2. The van der Waals surface area contributed by atoms with Gasteiger partial charge < -0.3 is 10.4 Å². The number of nitrogens with zero attached hydrogens (tertiary/aromatic N) is 2. The maximum atomic E-state index is 12.3. The number of carbonyl (C=O) groups is 1. The van der Waals surface area contributed by atoms with E-state index < -0.39 is 0 Å². The molecule has 22 heavy (non-hydrogen) atoms. The summed E-state index contributed by atoms with van der Waals surface area (Å²) >= 11 is 1.66. The molecular weight excluding hydrogens is 298 g/mol. The van der Waals surface area contributed by atoms with Crippen molar-refractivity contribution in [3.63, 3.8) is 0 Å². The average molecular weight is 321 g/mol. The molecule has 0 spiro atoms. The van der Waals surface area contributed by atoms with Crippen molar-refractivity contribution in [1.82, 2.24) is 15.1 Å². The molecule has 0 fully saturated rings. The summed E-state index contributed by atoms with van der Waals surface area (Å²) in [6.07, 6.45) is 1.54. The zero-order valence-corrected chi connectivity index (χ0v) is 14.1. The minimum atomic E-state index is -0.0730. The van der Waals surface area contributed by atoms with Gasteiger partial charge in [-0.25, -0.2) is 0 Å². The number of hydrogen-bond donors (Lipinski definition) is 2. The minimum Gasteiger partial charge on any atom is -0.396 e. The van der Waals surface area contributed by atoms with E-state index in [1.807, 2.05) is 26.3 Å². The summed E-state index contributed by atoms with van der Waals surface area (Å²) in [5.41, 5.74) is 3.53. The highest BCUT2D eigenvalue weighted by Gasteiger charge is 2.18. The number of rotatable bonds is 7. The van der Waals surface area contributed by atoms with Gasteiger partial charge in [-0.1, -0.05) is 0 Å². The van der Waals surface area contributed by atoms with Crippen molar-refractivity contribution in [2.45, 2.75) is 32.6 Å². The maximum absolute atomic E-state index is 12.3. The average Bonchev–Trinajstić information content (AvgIpc) is 3.07. The van der Waals surface area contributed by atoms with E-state index in [0.29, 0.717) is 12.1 Å². The smallest absolute Gasteiger partial charge is 0.255 e. The lowest BCUT2D eigenvalue weighted by Crippen LogP contribution is -2.26. The third-order valence-electron chi connectivity index (χ3n) is 4.01. The highest BCUT2D eigenvalue weighted by Crippen LogP contribution is 2.25. The summed E-state index contributed by atoms with van der Waals surface area (Å²) < 4.78 is 1.73. The predicted octanol–water partition coefficient (Wildman–Crippen LogP) is 2.38. The Morgan fingerprint density at radius 2 is 2.23 bits per heavy atom. The second-order valence-electron chi connectivity index (χ2n) is 5.48. The van der Waals surface area contributed by atoms with E-state index in [-0.39, 0.29) is 18.4 Å². The van der Waals surface area contributed by atoms with Gasteiger partial charge in [0, 0.05) is 25.9 Å². The molecule has 2 aromatic rings. The van der Waals surface area contributed by atoms with Gasteiger partial charge in [0.25, 0.3) is 5.91 Å². The Morgan fingerprint density at radius 1 is 1.45 bits per heavy atom. The highest BCUT2D eigenvalue weighted by atomic mass is 32.1. The van der Waals surface area contributed by atoms with E-state index in [2.05, 4.69) is 21.9 Å². The lowest BCUT2D eigenvalue weighted by atomic mass is 9.95. The number of thiophene rings is 1. The number of hydrogen-bond acceptors (Lipinski definition) is 4. The summed E-state index contributed by atoms with van der Waals surface area (Å²) in [5.74, 6) is 0.212. The fourth-order valence-corrected chi connectivity index (χ4v) is 3.43. The molecule has 0 unspecified atom stereocenters. The fraction of sp³-hybridized carbons (Fsp3) is 0.500. The third kappa shape index (κ3) is 3.75. The predicted molar refractivity (Wildman–Crippen MR) is 88.4 cm³/mol. The quantitative estimate of drug-likeness (QED) is 0.823. The SMILES string of the molecule is Cc1nn(C)c(C)c1C(=O)NCC[C@@H](CCO)c1ccsc1. The molecule has 0 aromatic carbocycles. The van der Waals surface area contributed by atoms with Crippen molar-refractivity contribution in [2.24, 2.45) is 7.05 Å². The molecule has 0 aliphatic rings. The Kier molecular flexibility index (Phi) is 5.74. The fourth-order valence-electron chi connectivity index (χ4n) is 2.69. The van der Waals surface area contributed by atoms with Crippen LogP contribution < -0.4 is 5.32 Å². The Hall–Kier alpha value is -1.66. The summed E-state index contributed by atoms with van der Waals surface area (Å²) in [7, 11) is 1.84. The first kappa shape index (κ1) is 16.7. The second-order valence-corrected chi connectivity index (χ2v) is 6.26. The summed E-state index contributed by atoms with van der Waals surface area (Å²) in [5, 5.41) is 20.6. The van der Waals surface area contributed by atoms with Crippen LogP contribution in [0.3, 0.4) is 0 Å². The van der Waals surface area contributed by atoms with Crippen LogP contribution in [0.15, 0.2) is 16.8 Å². The van der Waals surface area contributed by atoms with E-state index in [0.717, 1.165) is 24.2 Å². The molecule has 2 heterocycles. The van der Waals surface area contributed by atoms with E-state index >= 15 is 0 Å². The van der Waals surface area contributed by atoms with Crippen LogP contribution in [-0.2, 0) is 7.05 Å². The summed E-state index contributed by atoms with van der Waals surface area (Å²) in [4.78, 5) is 12.3. The highest BCUT2D eigenvalue weighted by molar-refractivity contribution is 7.07. The lowest BCUT2D eigenvalue weighted by Gasteiger charge is -2.15. The molecule has 2 rings (SSSR count). The first-order valence-electron chi connectivity index (χ1n) is 7.46. The van der Waals surface area contributed by atoms with Crippen molar-refractivity contribution in [3.8, 4) is 0 Å². The molecular formula is C16H23N3O2S. The molecule has 120 valence electrons. The first-order valence-corrected chi connectivity index (χ1v) is 8.40. The molecule has 0 saturated carbocycles. The molecule has 1 atom stereocenters. The molecule has 0 saturated heterocycles. The molecule has 0 aliphatic heterocycles. The van der Waals surface area contributed by atoms with Crippen molar-refractivity contribution >= 4 is 17.2 Å². The topological polar surface area (TPSA) is 67.2 Å². The molecule has 6 heteroatoms. The summed E-state index contributed by atoms with van der Waals surface area (Å²) in [6, 6.07) is 2.09. The van der Waals surface area contributed by atoms with E-state index in [4.69, 9.17) is 0 Å². The monoisotopic (exact) mass is 321 g/mol. The minimum absolute atomic E-state index is 0.0730. The number of carbonyl (C=O) groups excluding carboxylic acids is 1. The van der Waals surface area contributed by atoms with E-state index in [9.17, 15) is 9.90 Å². The van der Waals surface area contributed by atoms with Crippen molar-refractivity contribution < 1.29 is 9.90 Å². The van der Waals surface area contributed by atoms with E-state index in [1.165, 1.54) is 5.56 Å². The van der Waals surface area contributed by atoms with Gasteiger partial charge in [-0.3, -0.25) is 9.48 Å². The maximum Gasteiger partial charge on any atom is 0.255 e. The van der Waals surface area contributed by atoms with Gasteiger partial charge in [-0.05, 0) is 55.0 Å². The number of amides is 1. The molecule has 5 nitrogen and oxygen atoms in total. The zero-order chi connectivity index (χ0) is 16.1. The Labute approximate surface area is 135 Å². The Bertz CT molecular complexity index is 620. The van der Waals surface area contributed by atoms with Gasteiger partial charge >= 0.3 is 0 Å². The van der Waals surface area contributed by atoms with Crippen LogP contribution in [0.4, 0.5) is 0 Å². The first-order chi connectivity index (χ1) is 10.5. The molecule has 0 aliphatic carbocycles. The van der Waals surface area contributed by atoms with Crippen LogP contribution in [-0.4, -0.2) is 33.9 Å². The zero-order valence-electron chi connectivity index (χ0n) is 13.3. The lowest BCUT2D eigenvalue weighted by molar-refractivity contribution is 0.0951. The number of aromatic nitrogens is 2. The molecule has 2 aromatic heterocycles. The van der Waals surface area contributed by atoms with E-state index in [1.54, 1.807) is 16.0 Å². The van der Waals surface area contributed by atoms with Crippen LogP contribution >= 0.6 is 11.3 Å². The molecule has 2 N–H and O–H groups in total.